The van der Waals surface area contributed by atoms with Gasteiger partial charge in [-0.1, -0.05) is 13.8 Å². The summed E-state index contributed by atoms with van der Waals surface area (Å²) < 4.78 is 5.17. The highest BCUT2D eigenvalue weighted by atomic mass is 16.5. The third kappa shape index (κ3) is 2.66. The summed E-state index contributed by atoms with van der Waals surface area (Å²) in [6.07, 6.45) is 0. The highest BCUT2D eigenvalue weighted by Crippen LogP contribution is 2.17. The fourth-order valence-electron chi connectivity index (χ4n) is 0.768. The van der Waals surface area contributed by atoms with Crippen LogP contribution in [0.4, 0.5) is 0 Å². The predicted molar refractivity (Wildman–Crippen MR) is 40.4 cm³/mol. The lowest BCUT2D eigenvalue weighted by Crippen LogP contribution is -2.01. The lowest BCUT2D eigenvalue weighted by atomic mass is 10.0. The smallest absolute Gasteiger partial charge is 0.0495 e. The minimum Gasteiger partial charge on any atom is -0.381 e. The first-order valence-electron chi connectivity index (χ1n) is 3.38. The van der Waals surface area contributed by atoms with Crippen molar-refractivity contribution in [2.75, 3.05) is 13.2 Å². The zero-order chi connectivity index (χ0) is 7.28. The number of rotatable bonds is 0. The van der Waals surface area contributed by atoms with Crippen LogP contribution >= 0.6 is 0 Å². The molecule has 0 aliphatic carbocycles. The molecule has 0 spiro atoms. The van der Waals surface area contributed by atoms with Gasteiger partial charge in [0, 0.05) is 13.2 Å². The Balaban J connectivity index is 0.000000291. The van der Waals surface area contributed by atoms with E-state index in [0.717, 1.165) is 25.0 Å². The van der Waals surface area contributed by atoms with Crippen LogP contribution in [-0.2, 0) is 4.74 Å². The molecule has 9 heavy (non-hydrogen) atoms. The molecule has 1 nitrogen and oxygen atoms in total. The van der Waals surface area contributed by atoms with Crippen molar-refractivity contribution in [2.24, 2.45) is 11.8 Å². The maximum Gasteiger partial charge on any atom is 0.0495 e. The lowest BCUT2D eigenvalue weighted by molar-refractivity contribution is 0.183. The third-order valence-electron chi connectivity index (χ3n) is 1.73. The molecule has 1 rings (SSSR count). The second-order valence-electron chi connectivity index (χ2n) is 2.49. The Morgan fingerprint density at radius 1 is 1.11 bits per heavy atom. The molecule has 0 amide bonds. The normalized spacial score (nSPS) is 33.1. The van der Waals surface area contributed by atoms with Crippen molar-refractivity contribution in [3.63, 3.8) is 0 Å². The molecule has 1 heteroatoms. The van der Waals surface area contributed by atoms with Crippen LogP contribution in [0.1, 0.15) is 13.8 Å². The van der Waals surface area contributed by atoms with Crippen molar-refractivity contribution in [2.45, 2.75) is 13.8 Å². The average molecular weight is 128 g/mol. The first-order valence-corrected chi connectivity index (χ1v) is 3.38. The average Bonchev–Trinajstić information content (AvgIpc) is 2.23. The minimum absolute atomic E-state index is 0.792. The van der Waals surface area contributed by atoms with Gasteiger partial charge in [-0.2, -0.15) is 0 Å². The summed E-state index contributed by atoms with van der Waals surface area (Å²) in [5, 5.41) is 0. The molecule has 1 fully saturated rings. The predicted octanol–water partition coefficient (Wildman–Crippen LogP) is 2.09. The lowest BCUT2D eigenvalue weighted by Gasteiger charge is -2.01. The number of hydrogen-bond acceptors (Lipinski definition) is 1. The maximum absolute atomic E-state index is 5.17. The molecular formula is C8H16O. The molecule has 2 atom stereocenters. The van der Waals surface area contributed by atoms with E-state index >= 15 is 0 Å². The van der Waals surface area contributed by atoms with Crippen LogP contribution in [0.25, 0.3) is 0 Å². The van der Waals surface area contributed by atoms with Crippen molar-refractivity contribution in [1.29, 1.82) is 0 Å². The van der Waals surface area contributed by atoms with Gasteiger partial charge >= 0.3 is 0 Å². The molecule has 54 valence electrons. The van der Waals surface area contributed by atoms with E-state index in [9.17, 15) is 0 Å². The summed E-state index contributed by atoms with van der Waals surface area (Å²) in [6.45, 7) is 12.4. The zero-order valence-corrected chi connectivity index (χ0v) is 6.39. The molecular weight excluding hydrogens is 112 g/mol. The van der Waals surface area contributed by atoms with Crippen molar-refractivity contribution >= 4 is 0 Å². The van der Waals surface area contributed by atoms with Crippen molar-refractivity contribution in [1.82, 2.24) is 0 Å². The second-order valence-corrected chi connectivity index (χ2v) is 2.49. The summed E-state index contributed by atoms with van der Waals surface area (Å²) in [4.78, 5) is 0. The largest absolute Gasteiger partial charge is 0.381 e. The monoisotopic (exact) mass is 128 g/mol. The molecule has 0 radical (unpaired) electrons. The summed E-state index contributed by atoms with van der Waals surface area (Å²) in [7, 11) is 0. The molecule has 0 aromatic carbocycles. The van der Waals surface area contributed by atoms with Gasteiger partial charge in [-0.25, -0.2) is 0 Å². The maximum atomic E-state index is 5.17. The first kappa shape index (κ1) is 8.70. The second kappa shape index (κ2) is 4.57. The Hall–Kier alpha value is -0.300. The van der Waals surface area contributed by atoms with Gasteiger partial charge in [-0.3, -0.25) is 0 Å². The molecule has 0 saturated carbocycles. The standard InChI is InChI=1S/C6H12O.C2H4/c1-5-3-7-4-6(5)2;1-2/h5-6H,3-4H2,1-2H3;1-2H2/t5-,6?;/m0./s1. The summed E-state index contributed by atoms with van der Waals surface area (Å²) >= 11 is 0. The fourth-order valence-corrected chi connectivity index (χ4v) is 0.768. The third-order valence-corrected chi connectivity index (χ3v) is 1.73. The van der Waals surface area contributed by atoms with Crippen molar-refractivity contribution < 1.29 is 4.74 Å². The van der Waals surface area contributed by atoms with Crippen LogP contribution in [0.15, 0.2) is 13.2 Å². The van der Waals surface area contributed by atoms with Crippen molar-refractivity contribution in [3.8, 4) is 0 Å². The van der Waals surface area contributed by atoms with E-state index in [4.69, 9.17) is 4.74 Å². The quantitative estimate of drug-likeness (QED) is 0.454. The van der Waals surface area contributed by atoms with Crippen LogP contribution in [0, 0.1) is 11.8 Å². The SMILES string of the molecule is C=C.CC1COC[C@@H]1C. The van der Waals surface area contributed by atoms with Crippen LogP contribution in [0.5, 0.6) is 0 Å². The Morgan fingerprint density at radius 2 is 1.44 bits per heavy atom. The van der Waals surface area contributed by atoms with Gasteiger partial charge in [-0.15, -0.1) is 13.2 Å². The van der Waals surface area contributed by atoms with Crippen LogP contribution < -0.4 is 0 Å². The molecule has 0 aromatic rings. The molecule has 1 heterocycles. The van der Waals surface area contributed by atoms with E-state index < -0.39 is 0 Å². The molecule has 0 aromatic heterocycles. The molecule has 1 aliphatic rings. The topological polar surface area (TPSA) is 9.23 Å². The van der Waals surface area contributed by atoms with E-state index in [0.29, 0.717) is 0 Å². The Morgan fingerprint density at radius 3 is 1.56 bits per heavy atom. The van der Waals surface area contributed by atoms with Crippen LogP contribution in [0.2, 0.25) is 0 Å². The highest BCUT2D eigenvalue weighted by Gasteiger charge is 2.18. The van der Waals surface area contributed by atoms with E-state index in [1.54, 1.807) is 0 Å². The van der Waals surface area contributed by atoms with Gasteiger partial charge in [0.2, 0.25) is 0 Å². The zero-order valence-electron chi connectivity index (χ0n) is 6.39. The molecule has 0 N–H and O–H groups in total. The van der Waals surface area contributed by atoms with Gasteiger partial charge in [0.05, 0.1) is 0 Å². The van der Waals surface area contributed by atoms with Crippen LogP contribution in [0.3, 0.4) is 0 Å². The van der Waals surface area contributed by atoms with E-state index in [1.165, 1.54) is 0 Å². The van der Waals surface area contributed by atoms with E-state index in [-0.39, 0.29) is 0 Å². The van der Waals surface area contributed by atoms with Gasteiger partial charge in [0.25, 0.3) is 0 Å². The van der Waals surface area contributed by atoms with Gasteiger partial charge in [0.1, 0.15) is 0 Å². The Kier molecular flexibility index (Phi) is 4.41. The molecule has 1 saturated heterocycles. The summed E-state index contributed by atoms with van der Waals surface area (Å²) in [6, 6.07) is 0. The Labute approximate surface area is 57.7 Å². The molecule has 1 aliphatic heterocycles. The van der Waals surface area contributed by atoms with Gasteiger partial charge < -0.3 is 4.74 Å². The minimum atomic E-state index is 0.792. The number of hydrogen-bond donors (Lipinski definition) is 0. The highest BCUT2D eigenvalue weighted by molar-refractivity contribution is 4.65. The summed E-state index contributed by atoms with van der Waals surface area (Å²) in [5.41, 5.74) is 0. The fraction of sp³-hybridized carbons (Fsp3) is 0.750. The van der Waals surface area contributed by atoms with Gasteiger partial charge in [-0.05, 0) is 11.8 Å². The summed E-state index contributed by atoms with van der Waals surface area (Å²) in [5.74, 6) is 1.58. The van der Waals surface area contributed by atoms with E-state index in [1.807, 2.05) is 0 Å². The van der Waals surface area contributed by atoms with Crippen LogP contribution in [-0.4, -0.2) is 13.2 Å². The first-order chi connectivity index (χ1) is 4.30. The number of ether oxygens (including phenoxy) is 1. The van der Waals surface area contributed by atoms with E-state index in [2.05, 4.69) is 27.0 Å². The Bertz CT molecular complexity index is 63.0. The molecule has 0 bridgehead atoms. The van der Waals surface area contributed by atoms with Crippen molar-refractivity contribution in [3.05, 3.63) is 13.2 Å². The molecule has 1 unspecified atom stereocenters. The van der Waals surface area contributed by atoms with Gasteiger partial charge in [0.15, 0.2) is 0 Å².